The largest absolute Gasteiger partial charge is 0.381 e. The first kappa shape index (κ1) is 17.5. The standard InChI is InChI=1S/C8H18O.CCl4/c1-3-5-7-9-8-6-4-2;2-1(3,4)5/h3-8H2,1-2H3;. The van der Waals surface area contributed by atoms with Gasteiger partial charge in [0.1, 0.15) is 0 Å². The number of alkyl halides is 4. The third kappa shape index (κ3) is 38.0. The molecule has 0 saturated carbocycles. The molecule has 0 aliphatic carbocycles. The van der Waals surface area contributed by atoms with E-state index in [4.69, 9.17) is 51.1 Å². The van der Waals surface area contributed by atoms with Crippen molar-refractivity contribution in [3.63, 3.8) is 0 Å². The molecule has 1 nitrogen and oxygen atoms in total. The lowest BCUT2D eigenvalue weighted by molar-refractivity contribution is 0.128. The van der Waals surface area contributed by atoms with Crippen LogP contribution in [0.2, 0.25) is 0 Å². The molecule has 0 aliphatic heterocycles. The van der Waals surface area contributed by atoms with Crippen LogP contribution in [-0.2, 0) is 4.74 Å². The van der Waals surface area contributed by atoms with Gasteiger partial charge in [0.25, 0.3) is 3.25 Å². The Hall–Kier alpha value is 1.12. The molecular weight excluding hydrogens is 266 g/mol. The molecular formula is C9H18Cl4O. The maximum absolute atomic E-state index is 5.31. The van der Waals surface area contributed by atoms with Gasteiger partial charge in [-0.1, -0.05) is 73.1 Å². The summed E-state index contributed by atoms with van der Waals surface area (Å²) >= 11 is 19.3. The van der Waals surface area contributed by atoms with Crippen LogP contribution in [0.1, 0.15) is 39.5 Å². The van der Waals surface area contributed by atoms with E-state index in [9.17, 15) is 0 Å². The summed E-state index contributed by atoms with van der Waals surface area (Å²) in [6.45, 7) is 6.28. The molecule has 0 aromatic rings. The molecule has 0 saturated heterocycles. The number of unbranched alkanes of at least 4 members (excludes halogenated alkanes) is 2. The molecule has 0 fully saturated rings. The molecule has 0 aromatic heterocycles. The van der Waals surface area contributed by atoms with Crippen molar-refractivity contribution >= 4 is 46.4 Å². The molecule has 0 bridgehead atoms. The Balaban J connectivity index is 0. The van der Waals surface area contributed by atoms with Crippen LogP contribution in [0.4, 0.5) is 0 Å². The van der Waals surface area contributed by atoms with Crippen molar-refractivity contribution in [1.29, 1.82) is 0 Å². The SMILES string of the molecule is CCCCOCCCC.ClC(Cl)(Cl)Cl. The molecule has 0 amide bonds. The van der Waals surface area contributed by atoms with Gasteiger partial charge in [0.2, 0.25) is 0 Å². The summed E-state index contributed by atoms with van der Waals surface area (Å²) in [5.74, 6) is 0. The minimum absolute atomic E-state index is 0.955. The lowest BCUT2D eigenvalue weighted by Crippen LogP contribution is -1.95. The normalized spacial score (nSPS) is 10.7. The molecule has 5 heteroatoms. The Kier molecular flexibility index (Phi) is 15.2. The monoisotopic (exact) mass is 282 g/mol. The third-order valence-electron chi connectivity index (χ3n) is 1.28. The van der Waals surface area contributed by atoms with Crippen LogP contribution >= 0.6 is 46.4 Å². The molecule has 0 spiro atoms. The van der Waals surface area contributed by atoms with Gasteiger partial charge in [-0.3, -0.25) is 0 Å². The van der Waals surface area contributed by atoms with Crippen molar-refractivity contribution in [2.75, 3.05) is 13.2 Å². The summed E-state index contributed by atoms with van der Waals surface area (Å²) in [6.07, 6.45) is 4.91. The highest BCUT2D eigenvalue weighted by Crippen LogP contribution is 2.29. The van der Waals surface area contributed by atoms with Crippen LogP contribution in [0.15, 0.2) is 0 Å². The first-order chi connectivity index (χ1) is 6.41. The van der Waals surface area contributed by atoms with Gasteiger partial charge in [-0.2, -0.15) is 0 Å². The van der Waals surface area contributed by atoms with Crippen LogP contribution < -0.4 is 0 Å². The van der Waals surface area contributed by atoms with Crippen LogP contribution in [0.25, 0.3) is 0 Å². The van der Waals surface area contributed by atoms with Crippen LogP contribution in [0.3, 0.4) is 0 Å². The maximum atomic E-state index is 5.31. The topological polar surface area (TPSA) is 9.23 Å². The molecule has 0 aromatic carbocycles. The summed E-state index contributed by atoms with van der Waals surface area (Å²) in [5.41, 5.74) is 0. The van der Waals surface area contributed by atoms with E-state index in [1.807, 2.05) is 0 Å². The highest BCUT2D eigenvalue weighted by molar-refractivity contribution is 6.83. The van der Waals surface area contributed by atoms with E-state index in [1.165, 1.54) is 25.7 Å². The van der Waals surface area contributed by atoms with Gasteiger partial charge in [-0.15, -0.1) is 0 Å². The molecule has 0 unspecified atom stereocenters. The lowest BCUT2D eigenvalue weighted by atomic mass is 10.3. The van der Waals surface area contributed by atoms with Crippen LogP contribution in [0.5, 0.6) is 0 Å². The fourth-order valence-corrected chi connectivity index (χ4v) is 0.595. The zero-order valence-corrected chi connectivity index (χ0v) is 11.7. The molecule has 88 valence electrons. The summed E-state index contributed by atoms with van der Waals surface area (Å²) in [4.78, 5) is 0. The Morgan fingerprint density at radius 3 is 1.36 bits per heavy atom. The predicted molar refractivity (Wildman–Crippen MR) is 66.8 cm³/mol. The average molecular weight is 284 g/mol. The zero-order chi connectivity index (χ0) is 11.4. The van der Waals surface area contributed by atoms with E-state index in [0.29, 0.717) is 0 Å². The second kappa shape index (κ2) is 12.2. The highest BCUT2D eigenvalue weighted by atomic mass is 35.6. The number of rotatable bonds is 6. The molecule has 0 atom stereocenters. The summed E-state index contributed by atoms with van der Waals surface area (Å²) < 4.78 is 3.70. The van der Waals surface area contributed by atoms with Gasteiger partial charge in [-0.25, -0.2) is 0 Å². The Labute approximate surface area is 107 Å². The van der Waals surface area contributed by atoms with E-state index >= 15 is 0 Å². The van der Waals surface area contributed by atoms with E-state index < -0.39 is 3.25 Å². The summed E-state index contributed by atoms with van der Waals surface area (Å²) in [5, 5.41) is 0. The van der Waals surface area contributed by atoms with Crippen LogP contribution in [-0.4, -0.2) is 16.5 Å². The van der Waals surface area contributed by atoms with Gasteiger partial charge < -0.3 is 4.74 Å². The van der Waals surface area contributed by atoms with Gasteiger partial charge in [0.05, 0.1) is 0 Å². The maximum Gasteiger partial charge on any atom is 0.266 e. The zero-order valence-electron chi connectivity index (χ0n) is 8.66. The van der Waals surface area contributed by atoms with E-state index in [1.54, 1.807) is 0 Å². The quantitative estimate of drug-likeness (QED) is 0.483. The molecule has 0 N–H and O–H groups in total. The Bertz CT molecular complexity index is 91.5. The van der Waals surface area contributed by atoms with Gasteiger partial charge in [0, 0.05) is 13.2 Å². The van der Waals surface area contributed by atoms with Gasteiger partial charge in [0.15, 0.2) is 0 Å². The number of hydrogen-bond donors (Lipinski definition) is 0. The Morgan fingerprint density at radius 1 is 0.857 bits per heavy atom. The molecule has 14 heavy (non-hydrogen) atoms. The first-order valence-electron chi connectivity index (χ1n) is 4.75. The molecule has 0 rings (SSSR count). The fraction of sp³-hybridized carbons (Fsp3) is 1.00. The molecule has 0 heterocycles. The number of halogens is 4. The second-order valence-electron chi connectivity index (χ2n) is 2.75. The lowest BCUT2D eigenvalue weighted by Gasteiger charge is -1.99. The van der Waals surface area contributed by atoms with Crippen molar-refractivity contribution in [2.24, 2.45) is 0 Å². The van der Waals surface area contributed by atoms with E-state index in [-0.39, 0.29) is 0 Å². The van der Waals surface area contributed by atoms with Crippen molar-refractivity contribution < 1.29 is 4.74 Å². The predicted octanol–water partition coefficient (Wildman–Crippen LogP) is 5.16. The van der Waals surface area contributed by atoms with Crippen LogP contribution in [0, 0.1) is 0 Å². The molecule has 0 radical (unpaired) electrons. The van der Waals surface area contributed by atoms with Crippen molar-refractivity contribution in [1.82, 2.24) is 0 Å². The third-order valence-corrected chi connectivity index (χ3v) is 1.28. The summed E-state index contributed by atoms with van der Waals surface area (Å²) in [7, 11) is 0. The number of ether oxygens (including phenoxy) is 1. The van der Waals surface area contributed by atoms with Crippen molar-refractivity contribution in [2.45, 2.75) is 42.8 Å². The average Bonchev–Trinajstić information content (AvgIpc) is 2.01. The minimum atomic E-state index is -1.61. The molecule has 0 aliphatic rings. The van der Waals surface area contributed by atoms with Crippen molar-refractivity contribution in [3.8, 4) is 0 Å². The first-order valence-corrected chi connectivity index (χ1v) is 6.26. The van der Waals surface area contributed by atoms with Gasteiger partial charge in [-0.05, 0) is 12.8 Å². The smallest absolute Gasteiger partial charge is 0.266 e. The fourth-order valence-electron chi connectivity index (χ4n) is 0.595. The Morgan fingerprint density at radius 2 is 1.14 bits per heavy atom. The van der Waals surface area contributed by atoms with Gasteiger partial charge >= 0.3 is 0 Å². The minimum Gasteiger partial charge on any atom is -0.381 e. The summed E-state index contributed by atoms with van der Waals surface area (Å²) in [6, 6.07) is 0. The van der Waals surface area contributed by atoms with Crippen molar-refractivity contribution in [3.05, 3.63) is 0 Å². The number of hydrogen-bond acceptors (Lipinski definition) is 1. The highest BCUT2D eigenvalue weighted by Gasteiger charge is 2.11. The van der Waals surface area contributed by atoms with E-state index in [0.717, 1.165) is 13.2 Å². The van der Waals surface area contributed by atoms with E-state index in [2.05, 4.69) is 13.8 Å². The second-order valence-corrected chi connectivity index (χ2v) is 6.18.